The van der Waals surface area contributed by atoms with Gasteiger partial charge in [0, 0.05) is 5.56 Å². The molecule has 1 nitrogen and oxygen atoms in total. The van der Waals surface area contributed by atoms with E-state index in [9.17, 15) is 0 Å². The minimum absolute atomic E-state index is 0.185. The topological polar surface area (TPSA) is 9.23 Å². The summed E-state index contributed by atoms with van der Waals surface area (Å²) in [5.74, 6) is 0.919. The first-order valence-electron chi connectivity index (χ1n) is 8.38. The maximum Gasteiger partial charge on any atom is 0.126 e. The van der Waals surface area contributed by atoms with Gasteiger partial charge in [-0.1, -0.05) is 83.0 Å². The summed E-state index contributed by atoms with van der Waals surface area (Å²) in [5.41, 5.74) is 5.74. The summed E-state index contributed by atoms with van der Waals surface area (Å²) < 4.78 is 5.49. The summed E-state index contributed by atoms with van der Waals surface area (Å²) in [6.07, 6.45) is 8.00. The molecule has 0 bridgehead atoms. The number of allylic oxidation sites excluding steroid dienone is 5. The molecule has 0 heterocycles. The molecule has 1 aromatic carbocycles. The van der Waals surface area contributed by atoms with Crippen molar-refractivity contribution >= 4 is 6.08 Å². The van der Waals surface area contributed by atoms with E-state index in [4.69, 9.17) is 4.74 Å². The second-order valence-corrected chi connectivity index (χ2v) is 8.40. The fourth-order valence-corrected chi connectivity index (χ4v) is 2.76. The van der Waals surface area contributed by atoms with Crippen LogP contribution in [0.4, 0.5) is 0 Å². The fourth-order valence-electron chi connectivity index (χ4n) is 2.76. The number of para-hydroxylation sites is 1. The molecule has 1 aliphatic rings. The maximum atomic E-state index is 5.49. The Bertz CT molecular complexity index is 626. The highest BCUT2D eigenvalue weighted by molar-refractivity contribution is 5.66. The number of benzene rings is 1. The Morgan fingerprint density at radius 1 is 0.870 bits per heavy atom. The summed E-state index contributed by atoms with van der Waals surface area (Å²) >= 11 is 0. The molecule has 2 rings (SSSR count). The molecule has 0 N–H and O–H groups in total. The van der Waals surface area contributed by atoms with Crippen molar-refractivity contribution in [2.24, 2.45) is 10.8 Å². The van der Waals surface area contributed by atoms with Gasteiger partial charge in [-0.3, -0.25) is 0 Å². The lowest BCUT2D eigenvalue weighted by atomic mass is 9.72. The van der Waals surface area contributed by atoms with Crippen LogP contribution < -0.4 is 4.74 Å². The lowest BCUT2D eigenvalue weighted by molar-refractivity contribution is 0.414. The summed E-state index contributed by atoms with van der Waals surface area (Å²) in [6, 6.07) is 8.18. The van der Waals surface area contributed by atoms with Crippen LogP contribution in [-0.2, 0) is 0 Å². The third-order valence-electron chi connectivity index (χ3n) is 4.45. The van der Waals surface area contributed by atoms with Crippen LogP contribution >= 0.6 is 0 Å². The van der Waals surface area contributed by atoms with E-state index in [0.29, 0.717) is 0 Å². The van der Waals surface area contributed by atoms with E-state index < -0.39 is 0 Å². The third kappa shape index (κ3) is 4.37. The zero-order chi connectivity index (χ0) is 17.3. The number of methoxy groups -OCH3 is 1. The van der Waals surface area contributed by atoms with Crippen molar-refractivity contribution in [1.29, 1.82) is 0 Å². The first kappa shape index (κ1) is 17.6. The van der Waals surface area contributed by atoms with Crippen molar-refractivity contribution in [2.75, 3.05) is 7.11 Å². The second kappa shape index (κ2) is 6.39. The van der Waals surface area contributed by atoms with E-state index in [1.807, 2.05) is 12.1 Å². The van der Waals surface area contributed by atoms with Gasteiger partial charge in [-0.2, -0.15) is 0 Å². The molecule has 0 fully saturated rings. The molecule has 124 valence electrons. The predicted molar refractivity (Wildman–Crippen MR) is 101 cm³/mol. The Morgan fingerprint density at radius 3 is 1.87 bits per heavy atom. The zero-order valence-electron chi connectivity index (χ0n) is 15.7. The van der Waals surface area contributed by atoms with E-state index >= 15 is 0 Å². The molecule has 1 heteroatoms. The van der Waals surface area contributed by atoms with Gasteiger partial charge >= 0.3 is 0 Å². The molecule has 0 amide bonds. The molecular weight excluding hydrogens is 280 g/mol. The highest BCUT2D eigenvalue weighted by atomic mass is 16.5. The molecule has 1 aliphatic carbocycles. The van der Waals surface area contributed by atoms with Crippen LogP contribution in [0.5, 0.6) is 5.75 Å². The predicted octanol–water partition coefficient (Wildman–Crippen LogP) is 6.43. The van der Waals surface area contributed by atoms with Crippen molar-refractivity contribution in [3.63, 3.8) is 0 Å². The van der Waals surface area contributed by atoms with Crippen LogP contribution in [0.2, 0.25) is 0 Å². The van der Waals surface area contributed by atoms with Crippen molar-refractivity contribution < 1.29 is 4.74 Å². The van der Waals surface area contributed by atoms with E-state index in [1.54, 1.807) is 7.11 Å². The van der Waals surface area contributed by atoms with Gasteiger partial charge in [0.1, 0.15) is 5.75 Å². The Balaban J connectivity index is 2.52. The third-order valence-corrected chi connectivity index (χ3v) is 4.45. The number of hydrogen-bond acceptors (Lipinski definition) is 1. The van der Waals surface area contributed by atoms with Crippen LogP contribution in [-0.4, -0.2) is 7.11 Å². The SMILES string of the molecule is COc1ccccc1C=C1C=C(C(C)(C)C)CC(C(C)(C)C)=C1. The highest BCUT2D eigenvalue weighted by Gasteiger charge is 2.26. The monoisotopic (exact) mass is 310 g/mol. The summed E-state index contributed by atoms with van der Waals surface area (Å²) in [4.78, 5) is 0. The van der Waals surface area contributed by atoms with E-state index in [-0.39, 0.29) is 10.8 Å². The maximum absolute atomic E-state index is 5.49. The molecule has 0 aromatic heterocycles. The molecule has 23 heavy (non-hydrogen) atoms. The number of hydrogen-bond donors (Lipinski definition) is 0. The van der Waals surface area contributed by atoms with Crippen molar-refractivity contribution in [3.05, 3.63) is 58.7 Å². The Morgan fingerprint density at radius 2 is 1.39 bits per heavy atom. The summed E-state index contributed by atoms with van der Waals surface area (Å²) in [6.45, 7) is 13.8. The quantitative estimate of drug-likeness (QED) is 0.611. The van der Waals surface area contributed by atoms with Crippen molar-refractivity contribution in [3.8, 4) is 5.75 Å². The fraction of sp³-hybridized carbons (Fsp3) is 0.455. The van der Waals surface area contributed by atoms with Gasteiger partial charge in [0.05, 0.1) is 7.11 Å². The molecule has 0 saturated heterocycles. The molecule has 0 radical (unpaired) electrons. The normalized spacial score (nSPS) is 15.9. The van der Waals surface area contributed by atoms with Crippen LogP contribution in [0.3, 0.4) is 0 Å². The molecule has 0 aliphatic heterocycles. The largest absolute Gasteiger partial charge is 0.496 e. The molecule has 0 spiro atoms. The first-order chi connectivity index (χ1) is 10.6. The van der Waals surface area contributed by atoms with Gasteiger partial charge in [-0.05, 0) is 35.0 Å². The molecule has 0 saturated carbocycles. The average molecular weight is 310 g/mol. The van der Waals surface area contributed by atoms with Gasteiger partial charge in [-0.15, -0.1) is 0 Å². The van der Waals surface area contributed by atoms with Crippen LogP contribution in [0.15, 0.2) is 53.1 Å². The van der Waals surface area contributed by atoms with E-state index in [0.717, 1.165) is 17.7 Å². The smallest absolute Gasteiger partial charge is 0.126 e. The molecule has 0 atom stereocenters. The second-order valence-electron chi connectivity index (χ2n) is 8.40. The standard InChI is InChI=1S/C22H30O/c1-21(2,3)18-13-16(14-19(15-18)22(4,5)6)12-17-10-8-9-11-20(17)23-7/h8-14H,15H2,1-7H3. The van der Waals surface area contributed by atoms with Crippen LogP contribution in [0.25, 0.3) is 6.08 Å². The Labute approximate surface area is 141 Å². The van der Waals surface area contributed by atoms with Crippen molar-refractivity contribution in [1.82, 2.24) is 0 Å². The Kier molecular flexibility index (Phi) is 4.89. The van der Waals surface area contributed by atoms with Gasteiger partial charge in [0.2, 0.25) is 0 Å². The van der Waals surface area contributed by atoms with Crippen LogP contribution in [0, 0.1) is 10.8 Å². The van der Waals surface area contributed by atoms with Gasteiger partial charge in [0.15, 0.2) is 0 Å². The van der Waals surface area contributed by atoms with Gasteiger partial charge in [0.25, 0.3) is 0 Å². The number of ether oxygens (including phenoxy) is 1. The highest BCUT2D eigenvalue weighted by Crippen LogP contribution is 2.41. The van der Waals surface area contributed by atoms with Crippen LogP contribution in [0.1, 0.15) is 53.5 Å². The lowest BCUT2D eigenvalue weighted by Crippen LogP contribution is -2.18. The minimum atomic E-state index is 0.185. The molecular formula is C22H30O. The Hall–Kier alpha value is -1.76. The van der Waals surface area contributed by atoms with Crippen molar-refractivity contribution in [2.45, 2.75) is 48.0 Å². The van der Waals surface area contributed by atoms with Gasteiger partial charge in [-0.25, -0.2) is 0 Å². The van der Waals surface area contributed by atoms with E-state index in [2.05, 4.69) is 71.9 Å². The summed E-state index contributed by atoms with van der Waals surface area (Å²) in [5, 5.41) is 0. The summed E-state index contributed by atoms with van der Waals surface area (Å²) in [7, 11) is 1.73. The molecule has 1 aromatic rings. The molecule has 0 unspecified atom stereocenters. The zero-order valence-corrected chi connectivity index (χ0v) is 15.7. The average Bonchev–Trinajstić information content (AvgIpc) is 2.45. The first-order valence-corrected chi connectivity index (χ1v) is 8.38. The number of rotatable bonds is 2. The minimum Gasteiger partial charge on any atom is -0.496 e. The van der Waals surface area contributed by atoms with Gasteiger partial charge < -0.3 is 4.74 Å². The van der Waals surface area contributed by atoms with E-state index in [1.165, 1.54) is 16.7 Å². The lowest BCUT2D eigenvalue weighted by Gasteiger charge is -2.33.